The third-order valence-corrected chi connectivity index (χ3v) is 7.04. The predicted molar refractivity (Wildman–Crippen MR) is 117 cm³/mol. The van der Waals surface area contributed by atoms with Crippen molar-refractivity contribution in [3.8, 4) is 0 Å². The lowest BCUT2D eigenvalue weighted by Crippen LogP contribution is -2.47. The summed E-state index contributed by atoms with van der Waals surface area (Å²) in [4.78, 5) is 25.5. The molecule has 0 aromatic heterocycles. The average Bonchev–Trinajstić information content (AvgIpc) is 2.76. The van der Waals surface area contributed by atoms with Gasteiger partial charge in [0.25, 0.3) is 15.9 Å². The predicted octanol–water partition coefficient (Wildman–Crippen LogP) is 3.79. The van der Waals surface area contributed by atoms with Crippen molar-refractivity contribution < 1.29 is 27.1 Å². The molecule has 0 saturated heterocycles. The van der Waals surface area contributed by atoms with Gasteiger partial charge in [-0.25, -0.2) is 21.9 Å². The molecular formula is C24H24FNO5S. The third kappa shape index (κ3) is 4.65. The number of ether oxygens (including phenoxy) is 1. The number of nitrogens with zero attached hydrogens (tertiary/aromatic N) is 1. The van der Waals surface area contributed by atoms with Crippen LogP contribution < -0.4 is 0 Å². The van der Waals surface area contributed by atoms with E-state index >= 15 is 0 Å². The molecule has 2 aromatic rings. The Morgan fingerprint density at radius 1 is 1.09 bits per heavy atom. The second-order valence-electron chi connectivity index (χ2n) is 7.38. The van der Waals surface area contributed by atoms with Gasteiger partial charge in [-0.15, -0.1) is 0 Å². The van der Waals surface area contributed by atoms with Gasteiger partial charge in [0.05, 0.1) is 17.5 Å². The van der Waals surface area contributed by atoms with Crippen LogP contribution in [0.15, 0.2) is 82.3 Å². The summed E-state index contributed by atoms with van der Waals surface area (Å²) in [6.07, 6.45) is 1.75. The van der Waals surface area contributed by atoms with Crippen LogP contribution in [0.1, 0.15) is 26.3 Å². The fraction of sp³-hybridized carbons (Fsp3) is 0.250. The van der Waals surface area contributed by atoms with Crippen LogP contribution in [0.2, 0.25) is 0 Å². The summed E-state index contributed by atoms with van der Waals surface area (Å²) in [6.45, 7) is 4.87. The molecule has 6 nitrogen and oxygen atoms in total. The Kier molecular flexibility index (Phi) is 6.93. The molecule has 1 unspecified atom stereocenters. The number of rotatable bonds is 6. The van der Waals surface area contributed by atoms with E-state index in [1.54, 1.807) is 19.9 Å². The lowest BCUT2D eigenvalue weighted by atomic mass is 9.92. The van der Waals surface area contributed by atoms with E-state index in [4.69, 9.17) is 4.74 Å². The number of hydrogen-bond acceptors (Lipinski definition) is 5. The van der Waals surface area contributed by atoms with Crippen molar-refractivity contribution in [2.24, 2.45) is 0 Å². The van der Waals surface area contributed by atoms with Crippen LogP contribution in [0, 0.1) is 5.82 Å². The van der Waals surface area contributed by atoms with Gasteiger partial charge in [0.2, 0.25) is 0 Å². The first kappa shape index (κ1) is 23.4. The summed E-state index contributed by atoms with van der Waals surface area (Å²) < 4.78 is 45.9. The highest BCUT2D eigenvalue weighted by Crippen LogP contribution is 2.32. The van der Waals surface area contributed by atoms with E-state index in [1.165, 1.54) is 6.92 Å². The van der Waals surface area contributed by atoms with Gasteiger partial charge in [0, 0.05) is 17.6 Å². The molecule has 1 aliphatic heterocycles. The quantitative estimate of drug-likeness (QED) is 0.487. The maximum Gasteiger partial charge on any atom is 0.334 e. The van der Waals surface area contributed by atoms with Gasteiger partial charge < -0.3 is 4.74 Å². The minimum absolute atomic E-state index is 0.151. The molecule has 0 radical (unpaired) electrons. The van der Waals surface area contributed by atoms with E-state index in [-0.39, 0.29) is 29.1 Å². The zero-order valence-corrected chi connectivity index (χ0v) is 18.9. The highest BCUT2D eigenvalue weighted by Gasteiger charge is 2.40. The molecule has 8 heteroatoms. The van der Waals surface area contributed by atoms with Crippen molar-refractivity contribution in [2.75, 3.05) is 6.61 Å². The summed E-state index contributed by atoms with van der Waals surface area (Å²) in [5.74, 6) is -1.87. The second kappa shape index (κ2) is 9.48. The number of esters is 1. The van der Waals surface area contributed by atoms with Gasteiger partial charge in [0.15, 0.2) is 0 Å². The molecule has 3 rings (SSSR count). The van der Waals surface area contributed by atoms with Crippen LogP contribution in [0.4, 0.5) is 4.39 Å². The van der Waals surface area contributed by atoms with E-state index < -0.39 is 33.8 Å². The Morgan fingerprint density at radius 2 is 1.72 bits per heavy atom. The number of hydrogen-bond donors (Lipinski definition) is 0. The fourth-order valence-corrected chi connectivity index (χ4v) is 5.18. The number of sulfonamides is 1. The Morgan fingerprint density at radius 3 is 2.31 bits per heavy atom. The van der Waals surface area contributed by atoms with Crippen LogP contribution >= 0.6 is 0 Å². The van der Waals surface area contributed by atoms with Gasteiger partial charge >= 0.3 is 5.97 Å². The van der Waals surface area contributed by atoms with Crippen molar-refractivity contribution in [1.29, 1.82) is 0 Å². The minimum atomic E-state index is -4.30. The van der Waals surface area contributed by atoms with Crippen molar-refractivity contribution in [1.82, 2.24) is 4.31 Å². The highest BCUT2D eigenvalue weighted by molar-refractivity contribution is 7.89. The molecule has 1 amide bonds. The Bertz CT molecular complexity index is 1180. The molecule has 1 heterocycles. The highest BCUT2D eigenvalue weighted by atomic mass is 32.2. The van der Waals surface area contributed by atoms with E-state index in [0.29, 0.717) is 5.57 Å². The zero-order chi connectivity index (χ0) is 23.5. The molecule has 2 aromatic carbocycles. The molecule has 0 aliphatic carbocycles. The zero-order valence-electron chi connectivity index (χ0n) is 18.0. The van der Waals surface area contributed by atoms with Crippen LogP contribution in [-0.2, 0) is 30.8 Å². The average molecular weight is 458 g/mol. The molecule has 0 fully saturated rings. The minimum Gasteiger partial charge on any atom is -0.463 e. The van der Waals surface area contributed by atoms with Crippen LogP contribution in [0.5, 0.6) is 0 Å². The number of amides is 1. The molecule has 0 N–H and O–H groups in total. The van der Waals surface area contributed by atoms with Crippen molar-refractivity contribution in [3.63, 3.8) is 0 Å². The van der Waals surface area contributed by atoms with Gasteiger partial charge in [-0.1, -0.05) is 30.3 Å². The maximum atomic E-state index is 13.3. The first-order valence-electron chi connectivity index (χ1n) is 10.1. The van der Waals surface area contributed by atoms with Crippen molar-refractivity contribution in [3.05, 3.63) is 88.8 Å². The molecule has 1 atom stereocenters. The largest absolute Gasteiger partial charge is 0.463 e. The Balaban J connectivity index is 2.15. The number of carbonyl (C=O) groups is 2. The van der Waals surface area contributed by atoms with E-state index in [2.05, 4.69) is 0 Å². The van der Waals surface area contributed by atoms with Gasteiger partial charge in [-0.2, -0.15) is 0 Å². The number of halogens is 1. The molecule has 1 aliphatic rings. The smallest absolute Gasteiger partial charge is 0.334 e. The van der Waals surface area contributed by atoms with Gasteiger partial charge in [-0.05, 0) is 62.2 Å². The second-order valence-corrected chi connectivity index (χ2v) is 9.19. The van der Waals surface area contributed by atoms with Crippen molar-refractivity contribution in [2.45, 2.75) is 38.1 Å². The van der Waals surface area contributed by atoms with Crippen molar-refractivity contribution >= 4 is 21.9 Å². The summed E-state index contributed by atoms with van der Waals surface area (Å²) >= 11 is 0. The fourth-order valence-electron chi connectivity index (χ4n) is 3.58. The lowest BCUT2D eigenvalue weighted by molar-refractivity contribution is -0.138. The Labute approximate surface area is 187 Å². The van der Waals surface area contributed by atoms with Crippen LogP contribution in [0.25, 0.3) is 0 Å². The molecule has 32 heavy (non-hydrogen) atoms. The van der Waals surface area contributed by atoms with E-state index in [9.17, 15) is 22.4 Å². The normalized spacial score (nSPS) is 18.2. The van der Waals surface area contributed by atoms with E-state index in [0.717, 1.165) is 34.1 Å². The topological polar surface area (TPSA) is 80.8 Å². The lowest BCUT2D eigenvalue weighted by Gasteiger charge is -2.34. The first-order chi connectivity index (χ1) is 15.2. The third-order valence-electron chi connectivity index (χ3n) is 5.18. The van der Waals surface area contributed by atoms with E-state index in [1.807, 2.05) is 30.3 Å². The monoisotopic (exact) mass is 457 g/mol. The molecule has 0 bridgehead atoms. The van der Waals surface area contributed by atoms with Crippen LogP contribution in [-0.4, -0.2) is 37.2 Å². The summed E-state index contributed by atoms with van der Waals surface area (Å²) in [5, 5.41) is 0. The van der Waals surface area contributed by atoms with Gasteiger partial charge in [0.1, 0.15) is 5.82 Å². The SMILES string of the molecule is CCOC(=O)/C(Cc1ccccc1)=C1/C=C(C)C(=O)N(S(=O)(=O)c2ccc(F)cc2)C1C. The Hall–Kier alpha value is -3.26. The first-order valence-corrected chi connectivity index (χ1v) is 11.6. The standard InChI is InChI=1S/C24H24FNO5S/c1-4-31-24(28)22(15-18-8-6-5-7-9-18)21-14-16(2)23(27)26(17(21)3)32(29,30)20-12-10-19(25)11-13-20/h5-14,17H,4,15H2,1-3H3/b22-21-. The molecular weight excluding hydrogens is 433 g/mol. The summed E-state index contributed by atoms with van der Waals surface area (Å²) in [7, 11) is -4.30. The molecule has 0 spiro atoms. The number of carbonyl (C=O) groups excluding carboxylic acids is 2. The molecule has 168 valence electrons. The molecule has 0 saturated carbocycles. The van der Waals surface area contributed by atoms with Gasteiger partial charge in [-0.3, -0.25) is 4.79 Å². The van der Waals surface area contributed by atoms with Crippen LogP contribution in [0.3, 0.4) is 0 Å². The maximum absolute atomic E-state index is 13.3. The number of benzene rings is 2. The summed E-state index contributed by atoms with van der Waals surface area (Å²) in [6, 6.07) is 12.5. The summed E-state index contributed by atoms with van der Waals surface area (Å²) in [5.41, 5.74) is 1.66.